The highest BCUT2D eigenvalue weighted by atomic mass is 35.5. The van der Waals surface area contributed by atoms with E-state index in [4.69, 9.17) is 11.6 Å². The van der Waals surface area contributed by atoms with E-state index < -0.39 is 5.95 Å². The Morgan fingerprint density at radius 2 is 2.04 bits per heavy atom. The molecule has 3 aromatic heterocycles. The topological polar surface area (TPSA) is 56.5 Å². The van der Waals surface area contributed by atoms with Gasteiger partial charge in [0.05, 0.1) is 11.2 Å². The maximum Gasteiger partial charge on any atom is 0.238 e. The van der Waals surface area contributed by atoms with Crippen LogP contribution in [0.1, 0.15) is 18.2 Å². The fraction of sp³-hybridized carbons (Fsp3) is 0.158. The van der Waals surface area contributed by atoms with Gasteiger partial charge in [0, 0.05) is 17.1 Å². The number of aryl methyl sites for hydroxylation is 1. The molecule has 0 radical (unpaired) electrons. The average molecular weight is 368 g/mol. The normalized spacial score (nSPS) is 11.2. The SMILES string of the molecule is CCc1cc2cc(-c3nnn(-c4cccnc4F)c3C)ccc2nc1Cl. The van der Waals surface area contributed by atoms with Gasteiger partial charge in [0.15, 0.2) is 0 Å². The van der Waals surface area contributed by atoms with E-state index >= 15 is 0 Å². The van der Waals surface area contributed by atoms with E-state index in [9.17, 15) is 4.39 Å². The van der Waals surface area contributed by atoms with E-state index in [1.54, 1.807) is 12.1 Å². The number of aromatic nitrogens is 5. The molecule has 130 valence electrons. The Morgan fingerprint density at radius 3 is 2.81 bits per heavy atom. The zero-order valence-corrected chi connectivity index (χ0v) is 15.0. The number of benzene rings is 1. The van der Waals surface area contributed by atoms with E-state index in [-0.39, 0.29) is 5.69 Å². The van der Waals surface area contributed by atoms with Gasteiger partial charge in [0.1, 0.15) is 16.5 Å². The first-order valence-corrected chi connectivity index (χ1v) is 8.59. The van der Waals surface area contributed by atoms with Crippen LogP contribution in [0, 0.1) is 12.9 Å². The van der Waals surface area contributed by atoms with E-state index in [0.29, 0.717) is 10.8 Å². The molecule has 1 aromatic carbocycles. The van der Waals surface area contributed by atoms with Crippen LogP contribution in [-0.4, -0.2) is 25.0 Å². The van der Waals surface area contributed by atoms with E-state index in [1.807, 2.05) is 38.1 Å². The van der Waals surface area contributed by atoms with Crippen molar-refractivity contribution < 1.29 is 4.39 Å². The van der Waals surface area contributed by atoms with E-state index in [1.165, 1.54) is 10.9 Å². The minimum absolute atomic E-state index is 0.270. The summed E-state index contributed by atoms with van der Waals surface area (Å²) in [5, 5.41) is 9.85. The quantitative estimate of drug-likeness (QED) is 0.499. The van der Waals surface area contributed by atoms with Gasteiger partial charge in [0.2, 0.25) is 5.95 Å². The Balaban J connectivity index is 1.83. The number of rotatable bonds is 3. The molecule has 5 nitrogen and oxygen atoms in total. The first-order chi connectivity index (χ1) is 12.6. The molecule has 0 aliphatic rings. The molecule has 0 aliphatic carbocycles. The van der Waals surface area contributed by atoms with Gasteiger partial charge in [0.25, 0.3) is 0 Å². The van der Waals surface area contributed by atoms with Gasteiger partial charge in [-0.05, 0) is 49.2 Å². The summed E-state index contributed by atoms with van der Waals surface area (Å²) in [5.74, 6) is -0.586. The summed E-state index contributed by atoms with van der Waals surface area (Å²) in [6, 6.07) is 11.1. The molecule has 4 aromatic rings. The summed E-state index contributed by atoms with van der Waals surface area (Å²) in [5.41, 5.74) is 4.38. The van der Waals surface area contributed by atoms with Crippen molar-refractivity contribution >= 4 is 22.5 Å². The largest absolute Gasteiger partial charge is 0.238 e. The Labute approximate surface area is 154 Å². The summed E-state index contributed by atoms with van der Waals surface area (Å²) >= 11 is 6.19. The lowest BCUT2D eigenvalue weighted by molar-refractivity contribution is 0.564. The highest BCUT2D eigenvalue weighted by Crippen LogP contribution is 2.28. The van der Waals surface area contributed by atoms with Crippen LogP contribution >= 0.6 is 11.6 Å². The van der Waals surface area contributed by atoms with Gasteiger partial charge in [-0.25, -0.2) is 14.6 Å². The van der Waals surface area contributed by atoms with Crippen LogP contribution in [0.25, 0.3) is 27.8 Å². The number of nitrogens with zero attached hydrogens (tertiary/aromatic N) is 5. The summed E-state index contributed by atoms with van der Waals surface area (Å²) in [6.45, 7) is 3.89. The van der Waals surface area contributed by atoms with Crippen LogP contribution in [0.15, 0.2) is 42.6 Å². The number of hydrogen-bond donors (Lipinski definition) is 0. The Bertz CT molecular complexity index is 1120. The van der Waals surface area contributed by atoms with Crippen LogP contribution in [0.2, 0.25) is 5.15 Å². The maximum atomic E-state index is 14.0. The molecule has 0 unspecified atom stereocenters. The minimum atomic E-state index is -0.586. The minimum Gasteiger partial charge on any atom is -0.236 e. The third-order valence-electron chi connectivity index (χ3n) is 4.36. The first kappa shape index (κ1) is 16.6. The van der Waals surface area contributed by atoms with Crippen LogP contribution in [0.3, 0.4) is 0 Å². The highest BCUT2D eigenvalue weighted by Gasteiger charge is 2.16. The van der Waals surface area contributed by atoms with Crippen molar-refractivity contribution in [1.29, 1.82) is 0 Å². The Morgan fingerprint density at radius 1 is 1.19 bits per heavy atom. The van der Waals surface area contributed by atoms with Gasteiger partial charge in [-0.3, -0.25) is 0 Å². The second-order valence-corrected chi connectivity index (χ2v) is 6.31. The zero-order chi connectivity index (χ0) is 18.3. The van der Waals surface area contributed by atoms with Gasteiger partial charge < -0.3 is 0 Å². The molecular formula is C19H15ClFN5. The lowest BCUT2D eigenvalue weighted by Crippen LogP contribution is -2.03. The molecule has 4 rings (SSSR count). The second-order valence-electron chi connectivity index (χ2n) is 5.95. The molecule has 7 heteroatoms. The summed E-state index contributed by atoms with van der Waals surface area (Å²) < 4.78 is 15.4. The number of pyridine rings is 2. The molecule has 0 saturated heterocycles. The van der Waals surface area contributed by atoms with Crippen molar-refractivity contribution in [2.45, 2.75) is 20.3 Å². The third-order valence-corrected chi connectivity index (χ3v) is 4.68. The molecule has 0 atom stereocenters. The Hall–Kier alpha value is -2.86. The van der Waals surface area contributed by atoms with Crippen LogP contribution in [0.5, 0.6) is 0 Å². The fourth-order valence-electron chi connectivity index (χ4n) is 2.95. The maximum absolute atomic E-state index is 14.0. The van der Waals surface area contributed by atoms with Crippen LogP contribution in [-0.2, 0) is 6.42 Å². The van der Waals surface area contributed by atoms with Gasteiger partial charge in [-0.1, -0.05) is 29.8 Å². The summed E-state index contributed by atoms with van der Waals surface area (Å²) in [7, 11) is 0. The smallest absolute Gasteiger partial charge is 0.236 e. The standard InChI is InChI=1S/C19H15ClFN5/c1-3-12-9-14-10-13(6-7-15(14)23-18(12)20)17-11(2)26(25-24-17)16-5-4-8-22-19(16)21/h4-10H,3H2,1-2H3. The van der Waals surface area contributed by atoms with Crippen molar-refractivity contribution in [3.05, 3.63) is 65.0 Å². The van der Waals surface area contributed by atoms with Gasteiger partial charge in [-0.15, -0.1) is 5.10 Å². The van der Waals surface area contributed by atoms with Crippen molar-refractivity contribution in [3.8, 4) is 16.9 Å². The molecular weight excluding hydrogens is 353 g/mol. The highest BCUT2D eigenvalue weighted by molar-refractivity contribution is 6.30. The second kappa shape index (κ2) is 6.46. The lowest BCUT2D eigenvalue weighted by atomic mass is 10.1. The summed E-state index contributed by atoms with van der Waals surface area (Å²) in [6.07, 6.45) is 2.21. The van der Waals surface area contributed by atoms with Crippen molar-refractivity contribution in [2.24, 2.45) is 0 Å². The number of hydrogen-bond acceptors (Lipinski definition) is 4. The third kappa shape index (κ3) is 2.72. The molecule has 26 heavy (non-hydrogen) atoms. The summed E-state index contributed by atoms with van der Waals surface area (Å²) in [4.78, 5) is 8.11. The molecule has 0 bridgehead atoms. The monoisotopic (exact) mass is 367 g/mol. The average Bonchev–Trinajstić information content (AvgIpc) is 3.02. The van der Waals surface area contributed by atoms with Gasteiger partial charge >= 0.3 is 0 Å². The number of fused-ring (bicyclic) bond motifs is 1. The molecule has 0 spiro atoms. The zero-order valence-electron chi connectivity index (χ0n) is 14.2. The molecule has 0 fully saturated rings. The van der Waals surface area contributed by atoms with E-state index in [0.717, 1.165) is 34.1 Å². The molecule has 3 heterocycles. The van der Waals surface area contributed by atoms with Gasteiger partial charge in [-0.2, -0.15) is 4.39 Å². The predicted octanol–water partition coefficient (Wildman–Crippen LogP) is 4.54. The van der Waals surface area contributed by atoms with Crippen molar-refractivity contribution in [3.63, 3.8) is 0 Å². The van der Waals surface area contributed by atoms with Crippen LogP contribution < -0.4 is 0 Å². The van der Waals surface area contributed by atoms with Crippen LogP contribution in [0.4, 0.5) is 4.39 Å². The Kier molecular flexibility index (Phi) is 4.12. The van der Waals surface area contributed by atoms with Crippen molar-refractivity contribution in [2.75, 3.05) is 0 Å². The first-order valence-electron chi connectivity index (χ1n) is 8.21. The molecule has 0 N–H and O–H groups in total. The predicted molar refractivity (Wildman–Crippen MR) is 99.0 cm³/mol. The van der Waals surface area contributed by atoms with Crippen molar-refractivity contribution in [1.82, 2.24) is 25.0 Å². The molecule has 0 saturated carbocycles. The number of halogens is 2. The fourth-order valence-corrected chi connectivity index (χ4v) is 3.23. The lowest BCUT2D eigenvalue weighted by Gasteiger charge is -2.07. The molecule has 0 amide bonds. The van der Waals surface area contributed by atoms with E-state index in [2.05, 4.69) is 20.3 Å². The molecule has 0 aliphatic heterocycles.